The summed E-state index contributed by atoms with van der Waals surface area (Å²) in [6.45, 7) is 7.66. The van der Waals surface area contributed by atoms with Gasteiger partial charge in [0.05, 0.1) is 62.2 Å². The summed E-state index contributed by atoms with van der Waals surface area (Å²) < 4.78 is 9.48. The molecule has 2 fully saturated rings. The summed E-state index contributed by atoms with van der Waals surface area (Å²) in [7, 11) is 2.47. The molecule has 0 unspecified atom stereocenters. The fraction of sp³-hybridized carbons (Fsp3) is 0.450. The number of H-pyrrole nitrogens is 2. The molecule has 314 valence electrons. The fourth-order valence-corrected chi connectivity index (χ4v) is 7.69. The number of rotatable bonds is 13. The van der Waals surface area contributed by atoms with Crippen LogP contribution in [0.4, 0.5) is 9.59 Å². The number of carbonyl (C=O) groups is 4. The highest BCUT2D eigenvalue weighted by atomic mass is 16.5. The first-order chi connectivity index (χ1) is 28.8. The zero-order valence-corrected chi connectivity index (χ0v) is 34.1. The lowest BCUT2D eigenvalue weighted by Gasteiger charge is -2.30. The van der Waals surface area contributed by atoms with Gasteiger partial charge < -0.3 is 39.9 Å². The van der Waals surface area contributed by atoms with E-state index in [1.54, 1.807) is 22.2 Å². The second-order valence-corrected chi connectivity index (χ2v) is 15.4. The number of alkyl carbamates (subject to hydrolysis) is 2. The number of imidazole rings is 2. The zero-order valence-electron chi connectivity index (χ0n) is 34.1. The second kappa shape index (κ2) is 18.7. The second-order valence-electron chi connectivity index (χ2n) is 15.4. The molecular weight excluding hydrogens is 773 g/mol. The van der Waals surface area contributed by atoms with Crippen LogP contribution in [0.2, 0.25) is 0 Å². The average molecular weight is 821 g/mol. The Morgan fingerprint density at radius 3 is 1.33 bits per heavy atom. The van der Waals surface area contributed by atoms with Crippen molar-refractivity contribution in [1.82, 2.24) is 40.4 Å². The van der Waals surface area contributed by atoms with Gasteiger partial charge >= 0.3 is 12.2 Å². The predicted molar refractivity (Wildman–Crippen MR) is 219 cm³/mol. The van der Waals surface area contributed by atoms with Gasteiger partial charge in [-0.05, 0) is 58.0 Å². The molecule has 4 heterocycles. The molecule has 2 aliphatic rings. The number of hydrogen-bond donors (Lipinski definition) is 4. The van der Waals surface area contributed by atoms with Crippen LogP contribution in [0.25, 0.3) is 54.5 Å². The minimum atomic E-state index is -0.848. The largest absolute Gasteiger partial charge is 0.453 e. The van der Waals surface area contributed by atoms with E-state index in [1.165, 1.54) is 14.2 Å². The highest BCUT2D eigenvalue weighted by molar-refractivity contribution is 5.87. The van der Waals surface area contributed by atoms with Crippen LogP contribution in [0.1, 0.15) is 64.3 Å². The van der Waals surface area contributed by atoms with Gasteiger partial charge in [-0.3, -0.25) is 9.59 Å². The van der Waals surface area contributed by atoms with E-state index in [9.17, 15) is 19.2 Å². The number of aromatic nitrogens is 4. The summed E-state index contributed by atoms with van der Waals surface area (Å²) in [5, 5.41) is 13.0. The Hall–Kier alpha value is -7.04. The van der Waals surface area contributed by atoms with Gasteiger partial charge in [0.15, 0.2) is 0 Å². The number of benzene rings is 2. The quantitative estimate of drug-likeness (QED) is 0.0631. The summed E-state index contributed by atoms with van der Waals surface area (Å²) in [6, 6.07) is 12.3. The molecule has 2 aliphatic heterocycles. The number of likely N-dealkylation sites (tertiary alicyclic amines) is 2. The molecule has 0 spiro atoms. The van der Waals surface area contributed by atoms with Crippen molar-refractivity contribution in [2.24, 2.45) is 22.1 Å². The van der Waals surface area contributed by atoms with Gasteiger partial charge in [-0.15, -0.1) is 0 Å². The Kier molecular flexibility index (Phi) is 13.3. The van der Waals surface area contributed by atoms with E-state index in [4.69, 9.17) is 20.5 Å². The lowest BCUT2D eigenvalue weighted by molar-refractivity contribution is -0.136. The van der Waals surface area contributed by atoms with Crippen LogP contribution in [0.15, 0.2) is 71.2 Å². The molecule has 0 bridgehead atoms. The van der Waals surface area contributed by atoms with Crippen LogP contribution in [-0.2, 0) is 19.1 Å². The van der Waals surface area contributed by atoms with Gasteiger partial charge in [-0.25, -0.2) is 19.6 Å². The lowest BCUT2D eigenvalue weighted by Crippen LogP contribution is -2.51. The third kappa shape index (κ3) is 9.30. The first-order valence-electron chi connectivity index (χ1n) is 19.5. The van der Waals surface area contributed by atoms with E-state index in [0.29, 0.717) is 24.5 Å². The Bertz CT molecular complexity index is 2120. The van der Waals surface area contributed by atoms with Gasteiger partial charge in [-0.1, -0.05) is 86.5 Å². The summed E-state index contributed by atoms with van der Waals surface area (Å²) in [6.07, 6.45) is 2.71. The number of ether oxygens (including phenoxy) is 2. The number of hydrogen-bond acceptors (Lipinski definition) is 10. The molecule has 2 aromatic heterocycles. The van der Waals surface area contributed by atoms with Crippen LogP contribution < -0.4 is 10.6 Å². The fourth-order valence-electron chi connectivity index (χ4n) is 7.69. The van der Waals surface area contributed by atoms with Crippen LogP contribution in [0, 0.1) is 11.8 Å². The first-order valence-corrected chi connectivity index (χ1v) is 19.5. The summed E-state index contributed by atoms with van der Waals surface area (Å²) in [4.78, 5) is 76.7. The zero-order chi connectivity index (χ0) is 43.1. The topological polar surface area (TPSA) is 272 Å². The van der Waals surface area contributed by atoms with Gasteiger partial charge in [0.25, 0.3) is 0 Å². The SMILES string of the molecule is COC(=O)N[C@H](C(=O)N1C[C@H](N=[N+]=[N-])C[C@H]1c1ncc(-c2ccc(-c3ccc(-c4cnc([C@@H]5C[C@@H](N=[N+]=[N-])CN5C(=O)[C@@H](NC(=O)OC)C(C)C)[nH]4)cc3)cc2)[nH]1)C(C)C. The molecule has 2 saturated heterocycles. The van der Waals surface area contributed by atoms with Gasteiger partial charge in [0.1, 0.15) is 23.7 Å². The molecule has 0 aliphatic carbocycles. The van der Waals surface area contributed by atoms with Crippen molar-refractivity contribution < 1.29 is 28.7 Å². The van der Waals surface area contributed by atoms with Crippen LogP contribution in [0.5, 0.6) is 0 Å². The first kappa shape index (κ1) is 42.6. The highest BCUT2D eigenvalue weighted by Gasteiger charge is 2.42. The molecule has 4 N–H and O–H groups in total. The van der Waals surface area contributed by atoms with E-state index in [1.807, 2.05) is 76.2 Å². The highest BCUT2D eigenvalue weighted by Crippen LogP contribution is 2.37. The van der Waals surface area contributed by atoms with Gasteiger partial charge in [0, 0.05) is 22.9 Å². The molecule has 60 heavy (non-hydrogen) atoms. The van der Waals surface area contributed by atoms with Crippen molar-refractivity contribution >= 4 is 24.0 Å². The smallest absolute Gasteiger partial charge is 0.407 e. The molecule has 6 rings (SSSR count). The predicted octanol–water partition coefficient (Wildman–Crippen LogP) is 6.80. The Morgan fingerprint density at radius 1 is 0.667 bits per heavy atom. The number of carbonyl (C=O) groups excluding carboxylic acids is 4. The molecule has 4 aromatic rings. The normalized spacial score (nSPS) is 19.6. The monoisotopic (exact) mass is 820 g/mol. The van der Waals surface area contributed by atoms with Gasteiger partial charge in [0.2, 0.25) is 11.8 Å². The Labute approximate surface area is 345 Å². The maximum absolute atomic E-state index is 13.8. The lowest BCUT2D eigenvalue weighted by atomic mass is 10.0. The number of nitrogens with zero attached hydrogens (tertiary/aromatic N) is 10. The molecule has 0 saturated carbocycles. The van der Waals surface area contributed by atoms with Crippen LogP contribution >= 0.6 is 0 Å². The number of azide groups is 2. The van der Waals surface area contributed by atoms with Crippen molar-refractivity contribution in [2.45, 2.75) is 76.8 Å². The van der Waals surface area contributed by atoms with E-state index < -0.39 is 48.4 Å². The number of amides is 4. The molecule has 20 nitrogen and oxygen atoms in total. The number of methoxy groups -OCH3 is 2. The maximum atomic E-state index is 13.8. The molecule has 20 heteroatoms. The number of aromatic amines is 2. The maximum Gasteiger partial charge on any atom is 0.407 e. The van der Waals surface area contributed by atoms with Gasteiger partial charge in [-0.2, -0.15) is 0 Å². The summed E-state index contributed by atoms with van der Waals surface area (Å²) in [5.74, 6) is -0.0338. The third-order valence-corrected chi connectivity index (χ3v) is 10.9. The van der Waals surface area contributed by atoms with E-state index >= 15 is 0 Å². The molecular formula is C40H48N14O6. The van der Waals surface area contributed by atoms with E-state index in [-0.39, 0.29) is 36.7 Å². The molecule has 6 atom stereocenters. The summed E-state index contributed by atoms with van der Waals surface area (Å²) >= 11 is 0. The Morgan fingerprint density at radius 2 is 1.02 bits per heavy atom. The average Bonchev–Trinajstić information content (AvgIpc) is 4.08. The van der Waals surface area contributed by atoms with E-state index in [0.717, 1.165) is 33.6 Å². The van der Waals surface area contributed by atoms with Crippen molar-refractivity contribution in [2.75, 3.05) is 27.3 Å². The Balaban J connectivity index is 1.16. The molecule has 4 amide bonds. The third-order valence-electron chi connectivity index (χ3n) is 10.9. The van der Waals surface area contributed by atoms with E-state index in [2.05, 4.69) is 50.6 Å². The summed E-state index contributed by atoms with van der Waals surface area (Å²) in [5.41, 5.74) is 23.4. The minimum absolute atomic E-state index is 0.181. The number of nitrogens with one attached hydrogen (secondary N) is 4. The van der Waals surface area contributed by atoms with Crippen molar-refractivity contribution in [1.29, 1.82) is 0 Å². The van der Waals surface area contributed by atoms with Crippen molar-refractivity contribution in [3.05, 3.63) is 93.5 Å². The van der Waals surface area contributed by atoms with Crippen molar-refractivity contribution in [3.63, 3.8) is 0 Å². The molecule has 2 aromatic carbocycles. The van der Waals surface area contributed by atoms with Crippen molar-refractivity contribution in [3.8, 4) is 33.6 Å². The molecule has 0 radical (unpaired) electrons. The minimum Gasteiger partial charge on any atom is -0.453 e. The van der Waals surface area contributed by atoms with Crippen LogP contribution in [-0.4, -0.2) is 105 Å². The van der Waals surface area contributed by atoms with Crippen LogP contribution in [0.3, 0.4) is 0 Å². The standard InChI is InChI=1S/C40H48N14O6/c1-21(2)33(47-39(57)59-5)37(55)53-19-27(49-51-41)15-31(53)35-43-17-29(45-35)25-11-7-23(8-12-25)24-9-13-26(14-10-24)30-18-44-36(46-30)32-16-28(50-52-42)20-54(32)38(56)34(22(3)4)48-40(58)60-6/h7-14,17-18,21-22,27-28,31-34H,15-16,19-20H2,1-6H3,(H,43,45)(H,44,46)(H,47,57)(H,48,58)/t27-,28-,31+,32+,33+,34+/m1/s1.